The Morgan fingerprint density at radius 1 is 1.40 bits per heavy atom. The molecule has 0 radical (unpaired) electrons. The number of aromatic nitrogens is 2. The van der Waals surface area contributed by atoms with Gasteiger partial charge in [0.1, 0.15) is 0 Å². The number of guanidine groups is 1. The quantitative estimate of drug-likeness (QED) is 0.586. The molecule has 0 unspecified atom stereocenters. The monoisotopic (exact) mass is 311 g/mol. The lowest BCUT2D eigenvalue weighted by atomic mass is 10.3. The Balaban J connectivity index is 2.24. The van der Waals surface area contributed by atoms with Crippen molar-refractivity contribution < 1.29 is 0 Å². The molecule has 0 aliphatic heterocycles. The van der Waals surface area contributed by atoms with Crippen molar-refractivity contribution in [3.05, 3.63) is 50.4 Å². The number of H-pyrrole nitrogens is 1. The zero-order valence-corrected chi connectivity index (χ0v) is 12.0. The van der Waals surface area contributed by atoms with Gasteiger partial charge in [0.15, 0.2) is 0 Å². The number of hydrogen-bond acceptors (Lipinski definition) is 3. The topological polar surface area (TPSA) is 96.2 Å². The lowest BCUT2D eigenvalue weighted by molar-refractivity contribution is 1.05. The van der Waals surface area contributed by atoms with E-state index in [1.807, 2.05) is 0 Å². The van der Waals surface area contributed by atoms with E-state index in [0.29, 0.717) is 21.4 Å². The maximum atomic E-state index is 11.3. The standard InChI is InChI=1S/C12H11Cl2N5O/c1-6-4-10(20)18-12(16-6)19-11(15)17-9-3-2-7(13)5-8(9)14/h2-5H,1H3,(H4,15,16,17,18,19,20). The van der Waals surface area contributed by atoms with Crippen molar-refractivity contribution in [1.82, 2.24) is 9.97 Å². The number of benzene rings is 1. The number of aromatic amines is 1. The van der Waals surface area contributed by atoms with Crippen molar-refractivity contribution in [2.24, 2.45) is 10.7 Å². The number of halogens is 2. The number of nitrogens with zero attached hydrogens (tertiary/aromatic N) is 2. The zero-order valence-electron chi connectivity index (χ0n) is 10.4. The van der Waals surface area contributed by atoms with Gasteiger partial charge in [0.05, 0.1) is 10.7 Å². The van der Waals surface area contributed by atoms with Crippen molar-refractivity contribution in [3.63, 3.8) is 0 Å². The third-order valence-electron chi connectivity index (χ3n) is 2.28. The molecule has 8 heteroatoms. The number of nitrogens with one attached hydrogen (secondary N) is 2. The third kappa shape index (κ3) is 3.72. The van der Waals surface area contributed by atoms with E-state index in [4.69, 9.17) is 28.9 Å². The lowest BCUT2D eigenvalue weighted by Gasteiger charge is -2.07. The van der Waals surface area contributed by atoms with Gasteiger partial charge in [-0.15, -0.1) is 0 Å². The minimum atomic E-state index is -0.298. The average molecular weight is 312 g/mol. The second kappa shape index (κ2) is 5.94. The van der Waals surface area contributed by atoms with Gasteiger partial charge in [-0.3, -0.25) is 9.78 Å². The van der Waals surface area contributed by atoms with Crippen molar-refractivity contribution in [3.8, 4) is 0 Å². The molecule has 0 aliphatic carbocycles. The number of hydrogen-bond donors (Lipinski definition) is 3. The molecule has 0 atom stereocenters. The maximum Gasteiger partial charge on any atom is 0.252 e. The Kier molecular flexibility index (Phi) is 4.26. The van der Waals surface area contributed by atoms with E-state index < -0.39 is 0 Å². The van der Waals surface area contributed by atoms with Crippen LogP contribution in [0.3, 0.4) is 0 Å². The van der Waals surface area contributed by atoms with Crippen LogP contribution < -0.4 is 16.6 Å². The van der Waals surface area contributed by atoms with Gasteiger partial charge < -0.3 is 11.1 Å². The predicted octanol–water partition coefficient (Wildman–Crippen LogP) is 2.44. The first kappa shape index (κ1) is 14.4. The highest BCUT2D eigenvalue weighted by Crippen LogP contribution is 2.25. The molecule has 1 aromatic heterocycles. The SMILES string of the molecule is Cc1cc(=O)[nH]c(N=C(N)Nc2ccc(Cl)cc2Cl)n1. The molecule has 0 aliphatic rings. The average Bonchev–Trinajstić information content (AvgIpc) is 2.31. The van der Waals surface area contributed by atoms with Gasteiger partial charge in [-0.1, -0.05) is 23.2 Å². The number of anilines is 1. The van der Waals surface area contributed by atoms with E-state index in [1.54, 1.807) is 25.1 Å². The molecule has 0 amide bonds. The Bertz CT molecular complexity index is 726. The molecule has 0 bridgehead atoms. The van der Waals surface area contributed by atoms with Gasteiger partial charge in [0, 0.05) is 16.8 Å². The first-order valence-electron chi connectivity index (χ1n) is 5.58. The summed E-state index contributed by atoms with van der Waals surface area (Å²) in [6, 6.07) is 6.26. The first-order valence-corrected chi connectivity index (χ1v) is 6.34. The fourth-order valence-electron chi connectivity index (χ4n) is 1.49. The van der Waals surface area contributed by atoms with Crippen LogP contribution >= 0.6 is 23.2 Å². The van der Waals surface area contributed by atoms with E-state index in [-0.39, 0.29) is 17.5 Å². The van der Waals surface area contributed by atoms with Crippen molar-refractivity contribution in [2.45, 2.75) is 6.92 Å². The molecule has 2 aromatic rings. The van der Waals surface area contributed by atoms with Gasteiger partial charge in [-0.05, 0) is 25.1 Å². The van der Waals surface area contributed by atoms with Gasteiger partial charge in [0.25, 0.3) is 5.56 Å². The molecular weight excluding hydrogens is 301 g/mol. The zero-order chi connectivity index (χ0) is 14.7. The number of aliphatic imine (C=N–C) groups is 1. The minimum Gasteiger partial charge on any atom is -0.369 e. The minimum absolute atomic E-state index is 0.0444. The van der Waals surface area contributed by atoms with Crippen molar-refractivity contribution in [1.29, 1.82) is 0 Å². The van der Waals surface area contributed by atoms with E-state index >= 15 is 0 Å². The van der Waals surface area contributed by atoms with Gasteiger partial charge in [-0.25, -0.2) is 4.98 Å². The fraction of sp³-hybridized carbons (Fsp3) is 0.0833. The van der Waals surface area contributed by atoms with Gasteiger partial charge in [-0.2, -0.15) is 4.99 Å². The summed E-state index contributed by atoms with van der Waals surface area (Å²) < 4.78 is 0. The number of rotatable bonds is 2. The van der Waals surface area contributed by atoms with Crippen LogP contribution in [0.2, 0.25) is 10.0 Å². The lowest BCUT2D eigenvalue weighted by Crippen LogP contribution is -2.22. The number of nitrogens with two attached hydrogens (primary N) is 1. The molecule has 0 saturated carbocycles. The van der Waals surface area contributed by atoms with E-state index in [9.17, 15) is 4.79 Å². The molecular formula is C12H11Cl2N5O. The smallest absolute Gasteiger partial charge is 0.252 e. The van der Waals surface area contributed by atoms with Crippen LogP contribution in [0.25, 0.3) is 0 Å². The first-order chi connectivity index (χ1) is 9.44. The van der Waals surface area contributed by atoms with Crippen molar-refractivity contribution >= 4 is 40.8 Å². The number of aryl methyl sites for hydroxylation is 1. The summed E-state index contributed by atoms with van der Waals surface area (Å²) in [7, 11) is 0. The van der Waals surface area contributed by atoms with Crippen LogP contribution in [0.15, 0.2) is 34.1 Å². The molecule has 0 saturated heterocycles. The second-order valence-corrected chi connectivity index (χ2v) is 4.80. The largest absolute Gasteiger partial charge is 0.369 e. The summed E-state index contributed by atoms with van der Waals surface area (Å²) in [5, 5.41) is 3.72. The van der Waals surface area contributed by atoms with Gasteiger partial charge >= 0.3 is 0 Å². The van der Waals surface area contributed by atoms with Crippen LogP contribution in [-0.2, 0) is 0 Å². The summed E-state index contributed by atoms with van der Waals surface area (Å²) in [5.74, 6) is 0.160. The van der Waals surface area contributed by atoms with Crippen LogP contribution in [-0.4, -0.2) is 15.9 Å². The fourth-order valence-corrected chi connectivity index (χ4v) is 1.94. The van der Waals surface area contributed by atoms with E-state index in [2.05, 4.69) is 20.3 Å². The highest BCUT2D eigenvalue weighted by atomic mass is 35.5. The van der Waals surface area contributed by atoms with Crippen LogP contribution in [0, 0.1) is 6.92 Å². The van der Waals surface area contributed by atoms with Crippen LogP contribution in [0.5, 0.6) is 0 Å². The predicted molar refractivity (Wildman–Crippen MR) is 81.0 cm³/mol. The molecule has 0 fully saturated rings. The third-order valence-corrected chi connectivity index (χ3v) is 2.83. The normalized spacial score (nSPS) is 11.4. The van der Waals surface area contributed by atoms with E-state index in [0.717, 1.165) is 0 Å². The summed E-state index contributed by atoms with van der Waals surface area (Å²) in [4.78, 5) is 21.7. The highest BCUT2D eigenvalue weighted by Gasteiger charge is 2.03. The van der Waals surface area contributed by atoms with Crippen molar-refractivity contribution in [2.75, 3.05) is 5.32 Å². The molecule has 104 valence electrons. The molecule has 1 aromatic carbocycles. The summed E-state index contributed by atoms with van der Waals surface area (Å²) >= 11 is 11.8. The van der Waals surface area contributed by atoms with E-state index in [1.165, 1.54) is 6.07 Å². The Morgan fingerprint density at radius 2 is 2.15 bits per heavy atom. The molecule has 2 rings (SSSR count). The van der Waals surface area contributed by atoms with Crippen LogP contribution in [0.1, 0.15) is 5.69 Å². The second-order valence-electron chi connectivity index (χ2n) is 3.96. The molecule has 1 heterocycles. The highest BCUT2D eigenvalue weighted by molar-refractivity contribution is 6.36. The summed E-state index contributed by atoms with van der Waals surface area (Å²) in [6.45, 7) is 1.69. The molecule has 6 nitrogen and oxygen atoms in total. The van der Waals surface area contributed by atoms with Crippen LogP contribution in [0.4, 0.5) is 11.6 Å². The molecule has 4 N–H and O–H groups in total. The Labute approximate surface area is 124 Å². The summed E-state index contributed by atoms with van der Waals surface area (Å²) in [5.41, 5.74) is 6.53. The maximum absolute atomic E-state index is 11.3. The summed E-state index contributed by atoms with van der Waals surface area (Å²) in [6.07, 6.45) is 0. The Hall–Kier alpha value is -2.05. The Morgan fingerprint density at radius 3 is 2.80 bits per heavy atom. The molecule has 0 spiro atoms. The molecule has 20 heavy (non-hydrogen) atoms. The van der Waals surface area contributed by atoms with Gasteiger partial charge in [0.2, 0.25) is 11.9 Å².